The molecule has 2 nitrogen and oxygen atoms in total. The van der Waals surface area contributed by atoms with Gasteiger partial charge in [0.25, 0.3) is 0 Å². The molecule has 0 N–H and O–H groups in total. The normalized spacial score (nSPS) is 18.9. The highest BCUT2D eigenvalue weighted by Gasteiger charge is 2.26. The molecule has 1 unspecified atom stereocenters. The maximum absolute atomic E-state index is 12.2. The monoisotopic (exact) mass is 230 g/mol. The van der Waals surface area contributed by atoms with Crippen LogP contribution in [-0.2, 0) is 6.42 Å². The van der Waals surface area contributed by atoms with Gasteiger partial charge in [0, 0.05) is 17.0 Å². The lowest BCUT2D eigenvalue weighted by Gasteiger charge is -2.23. The minimum absolute atomic E-state index is 0.0657. The van der Waals surface area contributed by atoms with Gasteiger partial charge in [0.1, 0.15) is 0 Å². The van der Waals surface area contributed by atoms with Crippen LogP contribution in [0.5, 0.6) is 0 Å². The Balaban J connectivity index is 2.32. The highest BCUT2D eigenvalue weighted by atomic mass is 16.1. The third kappa shape index (κ3) is 2.31. The Kier molecular flexibility index (Phi) is 3.41. The Morgan fingerprint density at radius 1 is 1.41 bits per heavy atom. The van der Waals surface area contributed by atoms with Crippen molar-refractivity contribution >= 4 is 11.6 Å². The number of fused-ring (bicyclic) bond motifs is 1. The number of rotatable bonds is 3. The number of hydrogen-bond acceptors (Lipinski definition) is 2. The van der Waals surface area contributed by atoms with Gasteiger partial charge in [0.2, 0.25) is 0 Å². The molecule has 0 aliphatic heterocycles. The molecule has 0 radical (unpaired) electrons. The van der Waals surface area contributed by atoms with Crippen molar-refractivity contribution in [3.63, 3.8) is 0 Å². The Labute approximate surface area is 102 Å². The fourth-order valence-electron chi connectivity index (χ4n) is 2.56. The summed E-state index contributed by atoms with van der Waals surface area (Å²) in [6, 6.07) is 5.49. The number of carbonyl (C=O) groups excluding carboxylic acids is 2. The standard InChI is InChI=1S/C15H18O2/c1-3-4-11-5-6-13-9-12(10(2)16)7-8-14(13)15(11)17/h7-9,11H,3-6H2,1-2H3. The predicted octanol–water partition coefficient (Wildman–Crippen LogP) is 3.43. The SMILES string of the molecule is CCCC1CCc2cc(C(C)=O)ccc2C1=O. The van der Waals surface area contributed by atoms with Crippen molar-refractivity contribution in [2.45, 2.75) is 39.5 Å². The van der Waals surface area contributed by atoms with Crippen LogP contribution < -0.4 is 0 Å². The maximum Gasteiger partial charge on any atom is 0.166 e. The van der Waals surface area contributed by atoms with Crippen molar-refractivity contribution in [2.24, 2.45) is 5.92 Å². The van der Waals surface area contributed by atoms with Crippen LogP contribution in [0.25, 0.3) is 0 Å². The average Bonchev–Trinajstić information content (AvgIpc) is 2.32. The topological polar surface area (TPSA) is 34.1 Å². The first-order valence-electron chi connectivity index (χ1n) is 6.31. The quantitative estimate of drug-likeness (QED) is 0.745. The number of benzene rings is 1. The van der Waals surface area contributed by atoms with E-state index in [9.17, 15) is 9.59 Å². The van der Waals surface area contributed by atoms with Crippen molar-refractivity contribution in [1.82, 2.24) is 0 Å². The summed E-state index contributed by atoms with van der Waals surface area (Å²) >= 11 is 0. The zero-order valence-electron chi connectivity index (χ0n) is 10.5. The molecule has 2 heteroatoms. The van der Waals surface area contributed by atoms with Gasteiger partial charge in [-0.1, -0.05) is 25.5 Å². The van der Waals surface area contributed by atoms with Gasteiger partial charge in [0.15, 0.2) is 11.6 Å². The zero-order valence-corrected chi connectivity index (χ0v) is 10.5. The molecule has 0 saturated heterocycles. The molecule has 0 saturated carbocycles. The van der Waals surface area contributed by atoms with Crippen LogP contribution >= 0.6 is 0 Å². The summed E-state index contributed by atoms with van der Waals surface area (Å²) in [5.74, 6) is 0.523. The highest BCUT2D eigenvalue weighted by Crippen LogP contribution is 2.29. The van der Waals surface area contributed by atoms with Gasteiger partial charge in [-0.2, -0.15) is 0 Å². The number of hydrogen-bond donors (Lipinski definition) is 0. The van der Waals surface area contributed by atoms with Crippen LogP contribution in [0.2, 0.25) is 0 Å². The zero-order chi connectivity index (χ0) is 12.4. The van der Waals surface area contributed by atoms with Crippen LogP contribution in [0.15, 0.2) is 18.2 Å². The predicted molar refractivity (Wildman–Crippen MR) is 67.5 cm³/mol. The number of aryl methyl sites for hydroxylation is 1. The molecule has 17 heavy (non-hydrogen) atoms. The van der Waals surface area contributed by atoms with Gasteiger partial charge < -0.3 is 0 Å². The van der Waals surface area contributed by atoms with Gasteiger partial charge in [-0.3, -0.25) is 9.59 Å². The largest absolute Gasteiger partial charge is 0.295 e. The minimum Gasteiger partial charge on any atom is -0.295 e. The van der Waals surface area contributed by atoms with Crippen molar-refractivity contribution in [1.29, 1.82) is 0 Å². The van der Waals surface area contributed by atoms with Gasteiger partial charge >= 0.3 is 0 Å². The van der Waals surface area contributed by atoms with E-state index in [1.54, 1.807) is 13.0 Å². The molecule has 1 aliphatic carbocycles. The molecule has 0 heterocycles. The van der Waals surface area contributed by atoms with E-state index in [-0.39, 0.29) is 17.5 Å². The number of Topliss-reactive ketones (excluding diaryl/α,β-unsaturated/α-hetero) is 2. The summed E-state index contributed by atoms with van der Waals surface area (Å²) in [5.41, 5.74) is 2.60. The lowest BCUT2D eigenvalue weighted by Crippen LogP contribution is -2.22. The van der Waals surface area contributed by atoms with E-state index >= 15 is 0 Å². The Bertz CT molecular complexity index is 460. The highest BCUT2D eigenvalue weighted by molar-refractivity contribution is 6.02. The van der Waals surface area contributed by atoms with Crippen molar-refractivity contribution in [3.8, 4) is 0 Å². The van der Waals surface area contributed by atoms with E-state index in [4.69, 9.17) is 0 Å². The Morgan fingerprint density at radius 3 is 2.82 bits per heavy atom. The molecule has 90 valence electrons. The Morgan fingerprint density at radius 2 is 2.18 bits per heavy atom. The van der Waals surface area contributed by atoms with Crippen molar-refractivity contribution in [3.05, 3.63) is 34.9 Å². The second-order valence-electron chi connectivity index (χ2n) is 4.82. The first-order valence-corrected chi connectivity index (χ1v) is 6.31. The van der Waals surface area contributed by atoms with Crippen LogP contribution in [0.1, 0.15) is 59.4 Å². The molecule has 1 aromatic carbocycles. The smallest absolute Gasteiger partial charge is 0.166 e. The van der Waals surface area contributed by atoms with E-state index in [2.05, 4.69) is 6.92 Å². The first-order chi connectivity index (χ1) is 8.13. The summed E-state index contributed by atoms with van der Waals surface area (Å²) in [6.45, 7) is 3.67. The van der Waals surface area contributed by atoms with E-state index in [1.807, 2.05) is 12.1 Å². The molecule has 0 amide bonds. The summed E-state index contributed by atoms with van der Waals surface area (Å²) in [5, 5.41) is 0. The fraction of sp³-hybridized carbons (Fsp3) is 0.467. The Hall–Kier alpha value is -1.44. The lowest BCUT2D eigenvalue weighted by molar-refractivity contribution is 0.0892. The molecule has 0 aromatic heterocycles. The molecule has 0 bridgehead atoms. The van der Waals surface area contributed by atoms with Crippen molar-refractivity contribution < 1.29 is 9.59 Å². The lowest BCUT2D eigenvalue weighted by atomic mass is 9.80. The third-order valence-corrected chi connectivity index (χ3v) is 3.55. The summed E-state index contributed by atoms with van der Waals surface area (Å²) in [7, 11) is 0. The van der Waals surface area contributed by atoms with Gasteiger partial charge in [-0.25, -0.2) is 0 Å². The maximum atomic E-state index is 12.2. The van der Waals surface area contributed by atoms with E-state index in [0.717, 1.165) is 36.8 Å². The van der Waals surface area contributed by atoms with Crippen LogP contribution in [0, 0.1) is 5.92 Å². The molecule has 1 aliphatic rings. The molecule has 2 rings (SSSR count). The molecular weight excluding hydrogens is 212 g/mol. The summed E-state index contributed by atoms with van der Waals surface area (Å²) in [6.07, 6.45) is 3.89. The second-order valence-corrected chi connectivity index (χ2v) is 4.82. The molecular formula is C15H18O2. The van der Waals surface area contributed by atoms with Gasteiger partial charge in [-0.05, 0) is 37.8 Å². The van der Waals surface area contributed by atoms with E-state index in [0.29, 0.717) is 5.56 Å². The van der Waals surface area contributed by atoms with Gasteiger partial charge in [-0.15, -0.1) is 0 Å². The molecule has 0 spiro atoms. The number of carbonyl (C=O) groups is 2. The average molecular weight is 230 g/mol. The fourth-order valence-corrected chi connectivity index (χ4v) is 2.56. The van der Waals surface area contributed by atoms with Gasteiger partial charge in [0.05, 0.1) is 0 Å². The molecule has 0 fully saturated rings. The van der Waals surface area contributed by atoms with Crippen LogP contribution in [0.3, 0.4) is 0 Å². The number of ketones is 2. The van der Waals surface area contributed by atoms with Crippen LogP contribution in [-0.4, -0.2) is 11.6 Å². The first kappa shape index (κ1) is 12.0. The van der Waals surface area contributed by atoms with E-state index < -0.39 is 0 Å². The van der Waals surface area contributed by atoms with Crippen molar-refractivity contribution in [2.75, 3.05) is 0 Å². The minimum atomic E-state index is 0.0657. The summed E-state index contributed by atoms with van der Waals surface area (Å²) in [4.78, 5) is 23.5. The van der Waals surface area contributed by atoms with Crippen LogP contribution in [0.4, 0.5) is 0 Å². The second kappa shape index (κ2) is 4.82. The third-order valence-electron chi connectivity index (χ3n) is 3.55. The summed E-state index contributed by atoms with van der Waals surface area (Å²) < 4.78 is 0. The molecule has 1 atom stereocenters. The van der Waals surface area contributed by atoms with E-state index in [1.165, 1.54) is 0 Å². The molecule has 1 aromatic rings.